The van der Waals surface area contributed by atoms with Crippen LogP contribution in [0.1, 0.15) is 127 Å². The maximum atomic E-state index is 14.8. The summed E-state index contributed by atoms with van der Waals surface area (Å²) in [5.74, 6) is -4.51. The Kier molecular flexibility index (Phi) is 19.3. The number of anilines is 1. The molecule has 2 aromatic rings. The maximum absolute atomic E-state index is 14.8. The lowest BCUT2D eigenvalue weighted by Crippen LogP contribution is -2.59. The number of nitrogens with one attached hydrogen (secondary N) is 2. The number of hydrogen-bond donors (Lipinski definition) is 4. The summed E-state index contributed by atoms with van der Waals surface area (Å²) in [6.07, 6.45) is 2.86. The van der Waals surface area contributed by atoms with E-state index < -0.39 is 59.9 Å². The number of esters is 2. The van der Waals surface area contributed by atoms with Gasteiger partial charge in [0.2, 0.25) is 11.8 Å². The highest BCUT2D eigenvalue weighted by Gasteiger charge is 2.39. The SMILES string of the molecule is CC[C@H](C)[C@H](NC(=O)[C@H]1CCCCN1C)C(=O)N(COC(=O)CC(C)C)[C@H](C[C@@H](OC(C)=O)c1nc(C(=O)N[C@@H](Cc2ccc(N)cc2)CC(C)C(=O)O)cs1)C(C)C. The number of amides is 3. The van der Waals surface area contributed by atoms with Crippen molar-refractivity contribution in [3.8, 4) is 0 Å². The van der Waals surface area contributed by atoms with Gasteiger partial charge in [0.1, 0.15) is 16.7 Å². The summed E-state index contributed by atoms with van der Waals surface area (Å²) >= 11 is 1.11. The van der Waals surface area contributed by atoms with Gasteiger partial charge < -0.3 is 35.8 Å². The Hall–Kier alpha value is -4.57. The number of nitrogen functional groups attached to an aromatic ring is 1. The Morgan fingerprint density at radius 3 is 2.27 bits per heavy atom. The van der Waals surface area contributed by atoms with Crippen molar-refractivity contribution in [2.24, 2.45) is 23.7 Å². The van der Waals surface area contributed by atoms with Crippen molar-refractivity contribution in [3.05, 3.63) is 45.9 Å². The molecule has 1 aromatic carbocycles. The van der Waals surface area contributed by atoms with Crippen molar-refractivity contribution in [3.63, 3.8) is 0 Å². The molecule has 3 amide bonds. The third-order valence-electron chi connectivity index (χ3n) is 10.9. The van der Waals surface area contributed by atoms with Crippen LogP contribution in [0.5, 0.6) is 0 Å². The summed E-state index contributed by atoms with van der Waals surface area (Å²) in [4.78, 5) is 87.5. The van der Waals surface area contributed by atoms with E-state index in [1.165, 1.54) is 11.8 Å². The molecule has 16 heteroatoms. The van der Waals surface area contributed by atoms with Crippen LogP contribution in [0.15, 0.2) is 29.6 Å². The molecule has 1 fully saturated rings. The highest BCUT2D eigenvalue weighted by atomic mass is 32.1. The first-order valence-electron chi connectivity index (χ1n) is 20.8. The van der Waals surface area contributed by atoms with Crippen molar-refractivity contribution in [1.82, 2.24) is 25.4 Å². The van der Waals surface area contributed by atoms with Gasteiger partial charge in [0, 0.05) is 42.9 Å². The first-order chi connectivity index (χ1) is 27.8. The zero-order valence-electron chi connectivity index (χ0n) is 36.2. The fraction of sp³-hybridized carbons (Fsp3) is 0.651. The molecule has 328 valence electrons. The third-order valence-corrected chi connectivity index (χ3v) is 11.8. The number of benzene rings is 1. The van der Waals surface area contributed by atoms with Crippen molar-refractivity contribution in [1.29, 1.82) is 0 Å². The van der Waals surface area contributed by atoms with Crippen LogP contribution in [0.2, 0.25) is 0 Å². The van der Waals surface area contributed by atoms with Gasteiger partial charge in [0.25, 0.3) is 5.91 Å². The van der Waals surface area contributed by atoms with Gasteiger partial charge in [-0.3, -0.25) is 33.7 Å². The summed E-state index contributed by atoms with van der Waals surface area (Å²) in [6.45, 7) is 14.6. The molecule has 3 rings (SSSR count). The number of aliphatic carboxylic acids is 1. The largest absolute Gasteiger partial charge is 0.481 e. The second-order valence-corrected chi connectivity index (χ2v) is 17.6. The Morgan fingerprint density at radius 2 is 1.69 bits per heavy atom. The third kappa shape index (κ3) is 15.2. The van der Waals surface area contributed by atoms with Crippen molar-refractivity contribution in [2.75, 3.05) is 26.1 Å². The first kappa shape index (κ1) is 48.8. The highest BCUT2D eigenvalue weighted by Crippen LogP contribution is 2.32. The minimum atomic E-state index is -1.00. The van der Waals surface area contributed by atoms with Crippen LogP contribution >= 0.6 is 11.3 Å². The van der Waals surface area contributed by atoms with Crippen LogP contribution in [0.4, 0.5) is 5.69 Å². The molecule has 1 unspecified atom stereocenters. The molecule has 1 aromatic heterocycles. The molecule has 15 nitrogen and oxygen atoms in total. The summed E-state index contributed by atoms with van der Waals surface area (Å²) < 4.78 is 11.6. The maximum Gasteiger partial charge on any atom is 0.307 e. The molecule has 5 N–H and O–H groups in total. The monoisotopic (exact) mass is 842 g/mol. The van der Waals surface area contributed by atoms with Crippen LogP contribution in [0.25, 0.3) is 0 Å². The molecule has 0 saturated carbocycles. The summed E-state index contributed by atoms with van der Waals surface area (Å²) in [5.41, 5.74) is 7.34. The number of carboxylic acid groups (broad SMARTS) is 1. The van der Waals surface area contributed by atoms with E-state index in [9.17, 15) is 33.9 Å². The van der Waals surface area contributed by atoms with Gasteiger partial charge in [0.05, 0.1) is 12.0 Å². The zero-order chi connectivity index (χ0) is 44.0. The molecule has 1 aliphatic rings. The van der Waals surface area contributed by atoms with Crippen molar-refractivity contribution in [2.45, 2.75) is 137 Å². The number of carboxylic acids is 1. The molecule has 0 bridgehead atoms. The van der Waals surface area contributed by atoms with Crippen molar-refractivity contribution >= 4 is 52.7 Å². The number of hydrogen-bond acceptors (Lipinski definition) is 12. The number of carbonyl (C=O) groups excluding carboxylic acids is 5. The molecule has 7 atom stereocenters. The number of thiazole rings is 1. The van der Waals surface area contributed by atoms with E-state index in [1.54, 1.807) is 24.4 Å². The molecule has 2 heterocycles. The fourth-order valence-corrected chi connectivity index (χ4v) is 8.05. The Bertz CT molecular complexity index is 1720. The smallest absolute Gasteiger partial charge is 0.307 e. The molecule has 1 saturated heterocycles. The average molecular weight is 843 g/mol. The lowest BCUT2D eigenvalue weighted by atomic mass is 9.92. The van der Waals surface area contributed by atoms with E-state index in [4.69, 9.17) is 15.2 Å². The standard InChI is InChI=1S/C43H66N6O9S/c1-10-27(6)38(47-40(53)34-13-11-12-18-48(34)9)42(54)49(24-57-37(51)19-25(2)3)35(26(4)5)22-36(58-29(8)50)41-46-33(23-59-41)39(52)45-32(20-28(7)43(55)56)21-30-14-16-31(44)17-15-30/h14-17,23,25-28,32,34-36,38H,10-13,18-22,24,44H2,1-9H3,(H,45,52)(H,47,53)(H,55,56)/t27-,28?,32+,34+,35+,36+,38-/m0/s1. The molecular weight excluding hydrogens is 777 g/mol. The van der Waals surface area contributed by atoms with Crippen LogP contribution < -0.4 is 16.4 Å². The number of carbonyl (C=O) groups is 6. The van der Waals surface area contributed by atoms with Crippen LogP contribution in [-0.2, 0) is 39.9 Å². The van der Waals surface area contributed by atoms with E-state index in [2.05, 4.69) is 15.6 Å². The lowest BCUT2D eigenvalue weighted by Gasteiger charge is -2.39. The van der Waals surface area contributed by atoms with Gasteiger partial charge in [-0.1, -0.05) is 73.4 Å². The quantitative estimate of drug-likeness (QED) is 0.0650. The van der Waals surface area contributed by atoms with Gasteiger partial charge in [-0.15, -0.1) is 11.3 Å². The van der Waals surface area contributed by atoms with Gasteiger partial charge in [-0.25, -0.2) is 4.98 Å². The normalized spacial score (nSPS) is 17.6. The van der Waals surface area contributed by atoms with E-state index in [1.807, 2.05) is 65.6 Å². The predicted octanol–water partition coefficient (Wildman–Crippen LogP) is 5.59. The number of likely N-dealkylation sites (tertiary alicyclic amines) is 1. The Labute approximate surface area is 353 Å². The number of piperidine rings is 1. The number of nitrogens with two attached hydrogens (primary N) is 1. The number of likely N-dealkylation sites (N-methyl/N-ethyl adjacent to an activating group) is 1. The zero-order valence-corrected chi connectivity index (χ0v) is 37.0. The molecule has 0 spiro atoms. The second-order valence-electron chi connectivity index (χ2n) is 16.7. The molecule has 1 aliphatic heterocycles. The van der Waals surface area contributed by atoms with Crippen LogP contribution in [0, 0.1) is 23.7 Å². The van der Waals surface area contributed by atoms with E-state index >= 15 is 0 Å². The number of ether oxygens (including phenoxy) is 2. The average Bonchev–Trinajstić information content (AvgIpc) is 3.67. The van der Waals surface area contributed by atoms with Gasteiger partial charge in [-0.2, -0.15) is 0 Å². The lowest BCUT2D eigenvalue weighted by molar-refractivity contribution is -0.161. The van der Waals surface area contributed by atoms with Gasteiger partial charge >= 0.3 is 17.9 Å². The minimum absolute atomic E-state index is 0.0189. The number of rotatable bonds is 22. The number of aromatic nitrogens is 1. The van der Waals surface area contributed by atoms with E-state index in [-0.39, 0.29) is 61.4 Å². The van der Waals surface area contributed by atoms with E-state index in [0.29, 0.717) is 30.0 Å². The minimum Gasteiger partial charge on any atom is -0.481 e. The Morgan fingerprint density at radius 1 is 1.02 bits per heavy atom. The van der Waals surface area contributed by atoms with Crippen molar-refractivity contribution < 1.29 is 43.3 Å². The second kappa shape index (κ2) is 23.3. The molecule has 0 radical (unpaired) electrons. The van der Waals surface area contributed by atoms with Crippen LogP contribution in [0.3, 0.4) is 0 Å². The summed E-state index contributed by atoms with van der Waals surface area (Å²) in [7, 11) is 1.90. The summed E-state index contributed by atoms with van der Waals surface area (Å²) in [5, 5.41) is 17.5. The van der Waals surface area contributed by atoms with Gasteiger partial charge in [0.15, 0.2) is 12.8 Å². The molecular formula is C43H66N6O9S. The fourth-order valence-electron chi connectivity index (χ4n) is 7.21. The topological polar surface area (TPSA) is 211 Å². The van der Waals surface area contributed by atoms with Gasteiger partial charge in [-0.05, 0) is 74.7 Å². The highest BCUT2D eigenvalue weighted by molar-refractivity contribution is 7.09. The van der Waals surface area contributed by atoms with Crippen LogP contribution in [-0.4, -0.2) is 100 Å². The predicted molar refractivity (Wildman–Crippen MR) is 226 cm³/mol. The number of nitrogens with zero attached hydrogens (tertiary/aromatic N) is 3. The Balaban J connectivity index is 1.96. The summed E-state index contributed by atoms with van der Waals surface area (Å²) in [6, 6.07) is 4.59. The first-order valence-corrected chi connectivity index (χ1v) is 21.7. The molecule has 59 heavy (non-hydrogen) atoms. The molecule has 0 aliphatic carbocycles. The van der Waals surface area contributed by atoms with E-state index in [0.717, 1.165) is 36.3 Å².